The minimum absolute atomic E-state index is 0.524. The molecule has 2 aromatic rings. The summed E-state index contributed by atoms with van der Waals surface area (Å²) < 4.78 is 0. The third-order valence-corrected chi connectivity index (χ3v) is 4.88. The predicted octanol–water partition coefficient (Wildman–Crippen LogP) is 5.62. The van der Waals surface area contributed by atoms with E-state index in [0.29, 0.717) is 11.8 Å². The molecule has 0 atom stereocenters. The van der Waals surface area contributed by atoms with Crippen molar-refractivity contribution in [2.75, 3.05) is 5.32 Å². The van der Waals surface area contributed by atoms with Crippen LogP contribution in [0.3, 0.4) is 0 Å². The third kappa shape index (κ3) is 3.85. The van der Waals surface area contributed by atoms with Gasteiger partial charge in [0.2, 0.25) is 0 Å². The van der Waals surface area contributed by atoms with Gasteiger partial charge < -0.3 is 5.32 Å². The van der Waals surface area contributed by atoms with Crippen LogP contribution in [0.1, 0.15) is 66.2 Å². The predicted molar refractivity (Wildman–Crippen MR) is 93.5 cm³/mol. The summed E-state index contributed by atoms with van der Waals surface area (Å²) in [6.07, 6.45) is 0. The molecular formula is C18H26N2S. The van der Waals surface area contributed by atoms with E-state index in [1.54, 1.807) is 11.3 Å². The van der Waals surface area contributed by atoms with Crippen LogP contribution in [0.4, 0.5) is 5.69 Å². The molecule has 114 valence electrons. The number of nitrogens with one attached hydrogen (secondary N) is 1. The first-order valence-corrected chi connectivity index (χ1v) is 8.50. The Morgan fingerprint density at radius 1 is 1.10 bits per heavy atom. The molecule has 2 rings (SSSR count). The van der Waals surface area contributed by atoms with Gasteiger partial charge in [0.15, 0.2) is 0 Å². The van der Waals surface area contributed by atoms with Gasteiger partial charge in [0.1, 0.15) is 0 Å². The number of anilines is 1. The Labute approximate surface area is 132 Å². The molecule has 0 saturated heterocycles. The Morgan fingerprint density at radius 2 is 1.81 bits per heavy atom. The lowest BCUT2D eigenvalue weighted by molar-refractivity contribution is 0.833. The Kier molecular flexibility index (Phi) is 5.04. The molecule has 0 fully saturated rings. The third-order valence-electron chi connectivity index (χ3n) is 3.80. The molecule has 0 radical (unpaired) electrons. The molecule has 0 saturated carbocycles. The standard InChI is InChI=1S/C18H26N2S/c1-11(2)15-7-8-17(16(9-15)12(3)4)19-10-18-13(5)20-14(6)21-18/h7-9,11-12,19H,10H2,1-6H3. The largest absolute Gasteiger partial charge is 0.380 e. The van der Waals surface area contributed by atoms with Crippen LogP contribution in [-0.4, -0.2) is 4.98 Å². The highest BCUT2D eigenvalue weighted by Gasteiger charge is 2.11. The zero-order chi connectivity index (χ0) is 15.6. The molecule has 0 amide bonds. The fourth-order valence-electron chi connectivity index (χ4n) is 2.49. The first-order valence-electron chi connectivity index (χ1n) is 7.69. The highest BCUT2D eigenvalue weighted by atomic mass is 32.1. The van der Waals surface area contributed by atoms with Gasteiger partial charge in [-0.1, -0.05) is 39.8 Å². The van der Waals surface area contributed by atoms with Crippen molar-refractivity contribution in [2.24, 2.45) is 0 Å². The Morgan fingerprint density at radius 3 is 2.33 bits per heavy atom. The van der Waals surface area contributed by atoms with Crippen molar-refractivity contribution in [2.45, 2.75) is 59.9 Å². The van der Waals surface area contributed by atoms with Crippen molar-refractivity contribution in [3.8, 4) is 0 Å². The molecule has 0 spiro atoms. The number of hydrogen-bond donors (Lipinski definition) is 1. The monoisotopic (exact) mass is 302 g/mol. The molecule has 1 heterocycles. The lowest BCUT2D eigenvalue weighted by Gasteiger charge is -2.17. The Bertz CT molecular complexity index is 612. The second-order valence-electron chi connectivity index (χ2n) is 6.25. The zero-order valence-corrected chi connectivity index (χ0v) is 14.8. The number of aryl methyl sites for hydroxylation is 2. The summed E-state index contributed by atoms with van der Waals surface area (Å²) in [5.74, 6) is 1.10. The summed E-state index contributed by atoms with van der Waals surface area (Å²) >= 11 is 1.78. The minimum atomic E-state index is 0.524. The lowest BCUT2D eigenvalue weighted by Crippen LogP contribution is -2.04. The molecule has 1 aromatic carbocycles. The number of rotatable bonds is 5. The lowest BCUT2D eigenvalue weighted by atomic mass is 9.94. The summed E-state index contributed by atoms with van der Waals surface area (Å²) in [7, 11) is 0. The maximum atomic E-state index is 4.50. The van der Waals surface area contributed by atoms with Crippen LogP contribution >= 0.6 is 11.3 Å². The zero-order valence-electron chi connectivity index (χ0n) is 13.9. The van der Waals surface area contributed by atoms with Crippen molar-refractivity contribution in [1.82, 2.24) is 4.98 Å². The second kappa shape index (κ2) is 6.61. The van der Waals surface area contributed by atoms with Crippen molar-refractivity contribution in [1.29, 1.82) is 0 Å². The van der Waals surface area contributed by atoms with E-state index in [1.165, 1.54) is 21.7 Å². The van der Waals surface area contributed by atoms with E-state index in [1.807, 2.05) is 0 Å². The molecule has 0 aliphatic heterocycles. The van der Waals surface area contributed by atoms with Crippen LogP contribution in [-0.2, 0) is 6.54 Å². The van der Waals surface area contributed by atoms with E-state index in [2.05, 4.69) is 70.0 Å². The van der Waals surface area contributed by atoms with Gasteiger partial charge in [-0.3, -0.25) is 0 Å². The average Bonchev–Trinajstić information content (AvgIpc) is 2.74. The van der Waals surface area contributed by atoms with Gasteiger partial charge in [-0.05, 0) is 42.9 Å². The number of hydrogen-bond acceptors (Lipinski definition) is 3. The Balaban J connectivity index is 2.21. The van der Waals surface area contributed by atoms with E-state index >= 15 is 0 Å². The van der Waals surface area contributed by atoms with Crippen LogP contribution in [0, 0.1) is 13.8 Å². The maximum Gasteiger partial charge on any atom is 0.0900 e. The summed E-state index contributed by atoms with van der Waals surface area (Å²) in [6.45, 7) is 14.0. The molecule has 3 heteroatoms. The van der Waals surface area contributed by atoms with Gasteiger partial charge in [-0.15, -0.1) is 11.3 Å². The first kappa shape index (κ1) is 16.0. The maximum absolute atomic E-state index is 4.50. The van der Waals surface area contributed by atoms with Crippen LogP contribution in [0.2, 0.25) is 0 Å². The van der Waals surface area contributed by atoms with Crippen LogP contribution in [0.15, 0.2) is 18.2 Å². The van der Waals surface area contributed by atoms with E-state index in [9.17, 15) is 0 Å². The van der Waals surface area contributed by atoms with Crippen LogP contribution in [0.25, 0.3) is 0 Å². The normalized spacial score (nSPS) is 11.4. The van der Waals surface area contributed by atoms with Gasteiger partial charge in [0, 0.05) is 10.6 Å². The molecule has 1 aromatic heterocycles. The average molecular weight is 302 g/mol. The molecular weight excluding hydrogens is 276 g/mol. The second-order valence-corrected chi connectivity index (χ2v) is 7.54. The van der Waals surface area contributed by atoms with Crippen molar-refractivity contribution in [3.05, 3.63) is 44.9 Å². The van der Waals surface area contributed by atoms with E-state index in [4.69, 9.17) is 0 Å². The van der Waals surface area contributed by atoms with Crippen molar-refractivity contribution >= 4 is 17.0 Å². The molecule has 0 aliphatic rings. The molecule has 0 aliphatic carbocycles. The fourth-order valence-corrected chi connectivity index (χ4v) is 3.37. The summed E-state index contributed by atoms with van der Waals surface area (Å²) in [5.41, 5.74) is 5.21. The SMILES string of the molecule is Cc1nc(C)c(CNc2ccc(C(C)C)cc2C(C)C)s1. The minimum Gasteiger partial charge on any atom is -0.380 e. The molecule has 21 heavy (non-hydrogen) atoms. The van der Waals surface area contributed by atoms with Gasteiger partial charge in [0.05, 0.1) is 17.2 Å². The number of benzene rings is 1. The number of aromatic nitrogens is 1. The highest BCUT2D eigenvalue weighted by molar-refractivity contribution is 7.11. The number of thiazole rings is 1. The number of nitrogens with zero attached hydrogens (tertiary/aromatic N) is 1. The van der Waals surface area contributed by atoms with E-state index in [0.717, 1.165) is 17.2 Å². The summed E-state index contributed by atoms with van der Waals surface area (Å²) in [5, 5.41) is 4.74. The Hall–Kier alpha value is -1.35. The molecule has 1 N–H and O–H groups in total. The summed E-state index contributed by atoms with van der Waals surface area (Å²) in [6, 6.07) is 6.82. The first-order chi connectivity index (χ1) is 9.88. The van der Waals surface area contributed by atoms with Gasteiger partial charge in [-0.2, -0.15) is 0 Å². The molecule has 0 unspecified atom stereocenters. The quantitative estimate of drug-likeness (QED) is 0.775. The van der Waals surface area contributed by atoms with Crippen molar-refractivity contribution < 1.29 is 0 Å². The fraction of sp³-hybridized carbons (Fsp3) is 0.500. The van der Waals surface area contributed by atoms with Crippen LogP contribution < -0.4 is 5.32 Å². The van der Waals surface area contributed by atoms with Crippen LogP contribution in [0.5, 0.6) is 0 Å². The summed E-state index contributed by atoms with van der Waals surface area (Å²) in [4.78, 5) is 5.83. The molecule has 2 nitrogen and oxygen atoms in total. The topological polar surface area (TPSA) is 24.9 Å². The smallest absolute Gasteiger partial charge is 0.0900 e. The van der Waals surface area contributed by atoms with Gasteiger partial charge in [0.25, 0.3) is 0 Å². The van der Waals surface area contributed by atoms with Crippen molar-refractivity contribution in [3.63, 3.8) is 0 Å². The van der Waals surface area contributed by atoms with Gasteiger partial charge in [-0.25, -0.2) is 4.98 Å². The van der Waals surface area contributed by atoms with E-state index < -0.39 is 0 Å². The molecule has 0 bridgehead atoms. The highest BCUT2D eigenvalue weighted by Crippen LogP contribution is 2.29. The van der Waals surface area contributed by atoms with Gasteiger partial charge >= 0.3 is 0 Å². The van der Waals surface area contributed by atoms with E-state index in [-0.39, 0.29) is 0 Å².